The summed E-state index contributed by atoms with van der Waals surface area (Å²) < 4.78 is 4.96. The highest BCUT2D eigenvalue weighted by Crippen LogP contribution is 2.49. The predicted octanol–water partition coefficient (Wildman–Crippen LogP) is 2.83. The van der Waals surface area contributed by atoms with E-state index in [0.717, 1.165) is 12.2 Å². The Hall–Kier alpha value is -1.50. The summed E-state index contributed by atoms with van der Waals surface area (Å²) in [4.78, 5) is 27.7. The molecule has 6 nitrogen and oxygen atoms in total. The van der Waals surface area contributed by atoms with Crippen LogP contribution in [0.5, 0.6) is 0 Å². The second kappa shape index (κ2) is 6.67. The molecule has 3 heterocycles. The topological polar surface area (TPSA) is 75.4 Å². The molecule has 0 bridgehead atoms. The molecule has 1 aromatic rings. The number of piperidine rings is 1. The maximum Gasteiger partial charge on any atom is 0.274 e. The number of amides is 2. The fourth-order valence-corrected chi connectivity index (χ4v) is 6.21. The van der Waals surface area contributed by atoms with Gasteiger partial charge in [-0.25, -0.2) is 0 Å². The second-order valence-corrected chi connectivity index (χ2v) is 8.87. The maximum absolute atomic E-state index is 13.3. The molecule has 0 radical (unpaired) electrons. The van der Waals surface area contributed by atoms with Gasteiger partial charge in [0.15, 0.2) is 5.69 Å². The van der Waals surface area contributed by atoms with Gasteiger partial charge in [0.05, 0.1) is 10.9 Å². The second-order valence-electron chi connectivity index (χ2n) is 7.70. The van der Waals surface area contributed by atoms with Gasteiger partial charge >= 0.3 is 0 Å². The summed E-state index contributed by atoms with van der Waals surface area (Å²) in [7, 11) is 0. The largest absolute Gasteiger partial charge is 0.361 e. The Kier molecular flexibility index (Phi) is 4.88. The van der Waals surface area contributed by atoms with Gasteiger partial charge in [0.1, 0.15) is 11.8 Å². The minimum Gasteiger partial charge on any atom is -0.361 e. The van der Waals surface area contributed by atoms with E-state index < -0.39 is 6.04 Å². The molecule has 0 spiro atoms. The summed E-state index contributed by atoms with van der Waals surface area (Å²) >= 11 is 1.88. The summed E-state index contributed by atoms with van der Waals surface area (Å²) in [5.74, 6) is 1.96. The van der Waals surface area contributed by atoms with E-state index in [2.05, 4.69) is 43.1 Å². The van der Waals surface area contributed by atoms with Crippen LogP contribution in [-0.4, -0.2) is 44.6 Å². The number of nitrogens with one attached hydrogen (secondary N) is 1. The Balaban J connectivity index is 1.81. The SMILES string of the molecule is Cc1cc(C(=O)NC2CCC3SCC(C(C)C)(C(C)C)N3C2=O)no1. The van der Waals surface area contributed by atoms with Crippen molar-refractivity contribution >= 4 is 23.6 Å². The van der Waals surface area contributed by atoms with Gasteiger partial charge in [-0.15, -0.1) is 11.8 Å². The van der Waals surface area contributed by atoms with Crippen LogP contribution in [0.4, 0.5) is 0 Å². The zero-order chi connectivity index (χ0) is 18.4. The van der Waals surface area contributed by atoms with Gasteiger partial charge in [0, 0.05) is 11.8 Å². The first-order valence-electron chi connectivity index (χ1n) is 8.96. The molecule has 2 atom stereocenters. The highest BCUT2D eigenvalue weighted by atomic mass is 32.2. The summed E-state index contributed by atoms with van der Waals surface area (Å²) in [5.41, 5.74) is 0.0718. The third-order valence-electron chi connectivity index (χ3n) is 5.65. The van der Waals surface area contributed by atoms with E-state index >= 15 is 0 Å². The van der Waals surface area contributed by atoms with E-state index in [-0.39, 0.29) is 28.4 Å². The van der Waals surface area contributed by atoms with Crippen molar-refractivity contribution < 1.29 is 14.1 Å². The summed E-state index contributed by atoms with van der Waals surface area (Å²) in [6.45, 7) is 10.5. The zero-order valence-electron chi connectivity index (χ0n) is 15.5. The fourth-order valence-electron chi connectivity index (χ4n) is 4.20. The van der Waals surface area contributed by atoms with Crippen LogP contribution >= 0.6 is 11.8 Å². The lowest BCUT2D eigenvalue weighted by molar-refractivity contribution is -0.146. The average Bonchev–Trinajstić information content (AvgIpc) is 3.14. The minimum atomic E-state index is -0.490. The molecule has 25 heavy (non-hydrogen) atoms. The normalized spacial score (nSPS) is 25.6. The molecule has 0 aromatic carbocycles. The van der Waals surface area contributed by atoms with Gasteiger partial charge < -0.3 is 14.7 Å². The summed E-state index contributed by atoms with van der Waals surface area (Å²) in [6.07, 6.45) is 1.57. The number of rotatable bonds is 4. The zero-order valence-corrected chi connectivity index (χ0v) is 16.4. The lowest BCUT2D eigenvalue weighted by Gasteiger charge is -2.49. The fraction of sp³-hybridized carbons (Fsp3) is 0.722. The standard InChI is InChI=1S/C18H27N3O3S/c1-10(2)18(11(3)4)9-25-15-7-6-13(17(23)21(15)18)19-16(22)14-8-12(5)24-20-14/h8,10-11,13,15H,6-7,9H2,1-5H3,(H,19,22). The third kappa shape index (κ3) is 2.96. The van der Waals surface area contributed by atoms with Gasteiger partial charge in [-0.3, -0.25) is 9.59 Å². The molecule has 2 amide bonds. The predicted molar refractivity (Wildman–Crippen MR) is 97.2 cm³/mol. The molecular formula is C18H27N3O3S. The lowest BCUT2D eigenvalue weighted by atomic mass is 9.75. The number of carbonyl (C=O) groups is 2. The van der Waals surface area contributed by atoms with Crippen LogP contribution in [0.2, 0.25) is 0 Å². The molecular weight excluding hydrogens is 338 g/mol. The van der Waals surface area contributed by atoms with Crippen LogP contribution in [0.3, 0.4) is 0 Å². The lowest BCUT2D eigenvalue weighted by Crippen LogP contribution is -2.64. The Morgan fingerprint density at radius 2 is 2.04 bits per heavy atom. The molecule has 2 aliphatic heterocycles. The van der Waals surface area contributed by atoms with Gasteiger partial charge in [0.2, 0.25) is 5.91 Å². The minimum absolute atomic E-state index is 0.0391. The number of aromatic nitrogens is 1. The van der Waals surface area contributed by atoms with Crippen LogP contribution in [0.25, 0.3) is 0 Å². The van der Waals surface area contributed by atoms with E-state index in [4.69, 9.17) is 4.52 Å². The number of aryl methyl sites for hydroxylation is 1. The average molecular weight is 365 g/mol. The third-order valence-corrected chi connectivity index (χ3v) is 7.11. The Morgan fingerprint density at radius 3 is 2.60 bits per heavy atom. The van der Waals surface area contributed by atoms with Crippen molar-refractivity contribution in [2.45, 2.75) is 64.4 Å². The molecule has 3 rings (SSSR count). The molecule has 138 valence electrons. The van der Waals surface area contributed by atoms with Crippen molar-refractivity contribution in [1.29, 1.82) is 0 Å². The number of hydrogen-bond donors (Lipinski definition) is 1. The first-order valence-corrected chi connectivity index (χ1v) is 10.0. The first-order chi connectivity index (χ1) is 11.8. The quantitative estimate of drug-likeness (QED) is 0.888. The van der Waals surface area contributed by atoms with Gasteiger partial charge in [-0.05, 0) is 31.6 Å². The van der Waals surface area contributed by atoms with E-state index in [9.17, 15) is 9.59 Å². The first kappa shape index (κ1) is 18.3. The molecule has 0 aliphatic carbocycles. The van der Waals surface area contributed by atoms with Crippen LogP contribution in [0.15, 0.2) is 10.6 Å². The summed E-state index contributed by atoms with van der Waals surface area (Å²) in [5, 5.41) is 6.83. The van der Waals surface area contributed by atoms with E-state index in [1.165, 1.54) is 0 Å². The molecule has 1 N–H and O–H groups in total. The van der Waals surface area contributed by atoms with Gasteiger partial charge in [-0.2, -0.15) is 0 Å². The van der Waals surface area contributed by atoms with Crippen molar-refractivity contribution in [2.24, 2.45) is 11.8 Å². The Morgan fingerprint density at radius 1 is 1.36 bits per heavy atom. The van der Waals surface area contributed by atoms with Crippen molar-refractivity contribution in [2.75, 3.05) is 5.75 Å². The monoisotopic (exact) mass is 365 g/mol. The number of nitrogens with zero attached hydrogens (tertiary/aromatic N) is 2. The molecule has 0 saturated carbocycles. The number of thioether (sulfide) groups is 1. The summed E-state index contributed by atoms with van der Waals surface area (Å²) in [6, 6.07) is 1.10. The molecule has 2 unspecified atom stereocenters. The van der Waals surface area contributed by atoms with Crippen molar-refractivity contribution in [1.82, 2.24) is 15.4 Å². The van der Waals surface area contributed by atoms with Gasteiger partial charge in [-0.1, -0.05) is 32.9 Å². The maximum atomic E-state index is 13.3. The van der Waals surface area contributed by atoms with Crippen molar-refractivity contribution in [3.63, 3.8) is 0 Å². The Labute approximate surface area is 153 Å². The number of hydrogen-bond acceptors (Lipinski definition) is 5. The van der Waals surface area contributed by atoms with Crippen LogP contribution < -0.4 is 5.32 Å². The molecule has 2 fully saturated rings. The van der Waals surface area contributed by atoms with Crippen molar-refractivity contribution in [3.05, 3.63) is 17.5 Å². The van der Waals surface area contributed by atoms with E-state index in [1.54, 1.807) is 13.0 Å². The van der Waals surface area contributed by atoms with Gasteiger partial charge in [0.25, 0.3) is 5.91 Å². The van der Waals surface area contributed by atoms with E-state index in [1.807, 2.05) is 11.8 Å². The highest BCUT2D eigenvalue weighted by Gasteiger charge is 2.55. The molecule has 2 aliphatic rings. The molecule has 2 saturated heterocycles. The van der Waals surface area contributed by atoms with Crippen molar-refractivity contribution in [3.8, 4) is 0 Å². The number of fused-ring (bicyclic) bond motifs is 1. The highest BCUT2D eigenvalue weighted by molar-refractivity contribution is 8.00. The van der Waals surface area contributed by atoms with Crippen LogP contribution in [-0.2, 0) is 4.79 Å². The smallest absolute Gasteiger partial charge is 0.274 e. The van der Waals surface area contributed by atoms with E-state index in [0.29, 0.717) is 24.0 Å². The van der Waals surface area contributed by atoms with Crippen LogP contribution in [0, 0.1) is 18.8 Å². The molecule has 1 aromatic heterocycles. The Bertz CT molecular complexity index is 662. The number of carbonyl (C=O) groups excluding carboxylic acids is 2. The molecule has 7 heteroatoms. The van der Waals surface area contributed by atoms with Crippen LogP contribution in [0.1, 0.15) is 56.8 Å².